The molecule has 14 heavy (non-hydrogen) atoms. The maximum absolute atomic E-state index is 5.70. The normalized spacial score (nSPS) is 10.1. The lowest BCUT2D eigenvalue weighted by atomic mass is 10.1. The number of nitrogens with zero attached hydrogens (tertiary/aromatic N) is 1. The molecule has 1 heterocycles. The van der Waals surface area contributed by atoms with Gasteiger partial charge in [0.25, 0.3) is 0 Å². The van der Waals surface area contributed by atoms with Gasteiger partial charge in [0.1, 0.15) is 5.75 Å². The van der Waals surface area contributed by atoms with E-state index in [1.165, 1.54) is 0 Å². The maximum atomic E-state index is 5.70. The number of hydrogen-bond acceptors (Lipinski definition) is 3. The number of benzene rings is 1. The van der Waals surface area contributed by atoms with Gasteiger partial charge in [-0.1, -0.05) is 0 Å². The molecule has 0 saturated carbocycles. The predicted molar refractivity (Wildman–Crippen MR) is 55.0 cm³/mol. The van der Waals surface area contributed by atoms with Crippen LogP contribution in [0, 0.1) is 0 Å². The Balaban J connectivity index is 2.55. The van der Waals surface area contributed by atoms with Crippen LogP contribution in [0.15, 0.2) is 30.6 Å². The first-order valence-corrected chi connectivity index (χ1v) is 4.24. The summed E-state index contributed by atoms with van der Waals surface area (Å²) in [4.78, 5) is 0. The third-order valence-corrected chi connectivity index (χ3v) is 2.03. The van der Waals surface area contributed by atoms with E-state index in [1.54, 1.807) is 19.5 Å². The zero-order chi connectivity index (χ0) is 9.97. The summed E-state index contributed by atoms with van der Waals surface area (Å²) in [5.74, 6) is 0.792. The average molecular weight is 189 g/mol. The summed E-state index contributed by atoms with van der Waals surface area (Å²) in [6.07, 6.45) is 3.54. The van der Waals surface area contributed by atoms with Crippen molar-refractivity contribution in [2.24, 2.45) is 0 Å². The minimum Gasteiger partial charge on any atom is -0.496 e. The summed E-state index contributed by atoms with van der Waals surface area (Å²) in [5, 5.41) is 6.63. The highest BCUT2D eigenvalue weighted by molar-refractivity contribution is 5.72. The third kappa shape index (κ3) is 1.42. The standard InChI is InChI=1S/C10H11N3O/c1-14-10-3-2-8(11)4-9(10)7-5-12-13-6-7/h2-6H,11H2,1H3,(H,12,13). The van der Waals surface area contributed by atoms with Crippen molar-refractivity contribution < 1.29 is 4.74 Å². The molecular formula is C10H11N3O. The number of anilines is 1. The number of aromatic amines is 1. The van der Waals surface area contributed by atoms with Crippen LogP contribution < -0.4 is 10.5 Å². The zero-order valence-corrected chi connectivity index (χ0v) is 7.82. The number of methoxy groups -OCH3 is 1. The Kier molecular flexibility index (Phi) is 2.10. The van der Waals surface area contributed by atoms with E-state index in [-0.39, 0.29) is 0 Å². The Hall–Kier alpha value is -1.97. The van der Waals surface area contributed by atoms with Gasteiger partial charge < -0.3 is 10.5 Å². The van der Waals surface area contributed by atoms with Gasteiger partial charge in [-0.05, 0) is 18.2 Å². The highest BCUT2D eigenvalue weighted by Crippen LogP contribution is 2.30. The largest absolute Gasteiger partial charge is 0.496 e. The molecule has 4 nitrogen and oxygen atoms in total. The molecular weight excluding hydrogens is 178 g/mol. The van der Waals surface area contributed by atoms with Crippen LogP contribution in [-0.2, 0) is 0 Å². The fourth-order valence-electron chi connectivity index (χ4n) is 1.35. The molecule has 3 N–H and O–H groups in total. The molecule has 0 bridgehead atoms. The number of hydrogen-bond donors (Lipinski definition) is 2. The van der Waals surface area contributed by atoms with Crippen LogP contribution in [0.3, 0.4) is 0 Å². The van der Waals surface area contributed by atoms with E-state index < -0.39 is 0 Å². The molecule has 0 spiro atoms. The Morgan fingerprint density at radius 3 is 2.93 bits per heavy atom. The third-order valence-electron chi connectivity index (χ3n) is 2.03. The van der Waals surface area contributed by atoms with E-state index in [4.69, 9.17) is 10.5 Å². The van der Waals surface area contributed by atoms with Gasteiger partial charge in [0, 0.05) is 23.0 Å². The molecule has 1 aromatic heterocycles. The van der Waals surface area contributed by atoms with E-state index in [2.05, 4.69) is 10.2 Å². The first-order valence-electron chi connectivity index (χ1n) is 4.24. The van der Waals surface area contributed by atoms with Crippen LogP contribution in [0.2, 0.25) is 0 Å². The van der Waals surface area contributed by atoms with Gasteiger partial charge in [-0.25, -0.2) is 0 Å². The minimum atomic E-state index is 0.710. The second kappa shape index (κ2) is 3.41. The molecule has 0 radical (unpaired) electrons. The van der Waals surface area contributed by atoms with Gasteiger partial charge >= 0.3 is 0 Å². The molecule has 0 amide bonds. The maximum Gasteiger partial charge on any atom is 0.126 e. The van der Waals surface area contributed by atoms with Gasteiger partial charge in [0.15, 0.2) is 0 Å². The molecule has 0 saturated heterocycles. The highest BCUT2D eigenvalue weighted by atomic mass is 16.5. The van der Waals surface area contributed by atoms with Crippen LogP contribution in [0.5, 0.6) is 5.75 Å². The first kappa shape index (κ1) is 8.62. The lowest BCUT2D eigenvalue weighted by Gasteiger charge is -2.06. The van der Waals surface area contributed by atoms with Crippen molar-refractivity contribution in [2.75, 3.05) is 12.8 Å². The fourth-order valence-corrected chi connectivity index (χ4v) is 1.35. The summed E-state index contributed by atoms with van der Waals surface area (Å²) in [5.41, 5.74) is 8.32. The van der Waals surface area contributed by atoms with Crippen molar-refractivity contribution in [3.05, 3.63) is 30.6 Å². The number of nitrogens with two attached hydrogens (primary N) is 1. The number of ether oxygens (including phenoxy) is 1. The second-order valence-electron chi connectivity index (χ2n) is 2.95. The van der Waals surface area contributed by atoms with Crippen molar-refractivity contribution >= 4 is 5.69 Å². The predicted octanol–water partition coefficient (Wildman–Crippen LogP) is 1.67. The van der Waals surface area contributed by atoms with E-state index in [0.29, 0.717) is 5.69 Å². The lowest BCUT2D eigenvalue weighted by molar-refractivity contribution is 0.416. The first-order chi connectivity index (χ1) is 6.81. The topological polar surface area (TPSA) is 63.9 Å². The van der Waals surface area contributed by atoms with E-state index in [9.17, 15) is 0 Å². The fraction of sp³-hybridized carbons (Fsp3) is 0.100. The number of nitrogen functional groups attached to an aromatic ring is 1. The van der Waals surface area contributed by atoms with Crippen molar-refractivity contribution in [3.8, 4) is 16.9 Å². The Morgan fingerprint density at radius 2 is 2.29 bits per heavy atom. The summed E-state index contributed by atoms with van der Waals surface area (Å²) in [7, 11) is 1.63. The SMILES string of the molecule is COc1ccc(N)cc1-c1cn[nH]c1. The number of aromatic nitrogens is 2. The molecule has 0 aliphatic rings. The van der Waals surface area contributed by atoms with Gasteiger partial charge in [-0.2, -0.15) is 5.10 Å². The van der Waals surface area contributed by atoms with Crippen LogP contribution in [-0.4, -0.2) is 17.3 Å². The summed E-state index contributed by atoms with van der Waals surface area (Å²) in [6, 6.07) is 5.52. The lowest BCUT2D eigenvalue weighted by Crippen LogP contribution is -1.90. The molecule has 0 fully saturated rings. The Labute approximate surface area is 81.7 Å². The molecule has 0 aliphatic carbocycles. The molecule has 2 aromatic rings. The summed E-state index contributed by atoms with van der Waals surface area (Å²) in [6.45, 7) is 0. The van der Waals surface area contributed by atoms with Crippen LogP contribution in [0.1, 0.15) is 0 Å². The second-order valence-corrected chi connectivity index (χ2v) is 2.95. The van der Waals surface area contributed by atoms with Crippen molar-refractivity contribution in [3.63, 3.8) is 0 Å². The number of rotatable bonds is 2. The van der Waals surface area contributed by atoms with Crippen LogP contribution >= 0.6 is 0 Å². The van der Waals surface area contributed by atoms with Crippen molar-refractivity contribution in [2.45, 2.75) is 0 Å². The van der Waals surface area contributed by atoms with E-state index in [1.807, 2.05) is 18.2 Å². The van der Waals surface area contributed by atoms with Gasteiger partial charge in [-0.3, -0.25) is 5.10 Å². The van der Waals surface area contributed by atoms with Gasteiger partial charge in [0.2, 0.25) is 0 Å². The highest BCUT2D eigenvalue weighted by Gasteiger charge is 2.06. The monoisotopic (exact) mass is 189 g/mol. The van der Waals surface area contributed by atoms with Crippen molar-refractivity contribution in [1.82, 2.24) is 10.2 Å². The summed E-state index contributed by atoms with van der Waals surface area (Å²) < 4.78 is 5.23. The van der Waals surface area contributed by atoms with Crippen LogP contribution in [0.25, 0.3) is 11.1 Å². The number of H-pyrrole nitrogens is 1. The van der Waals surface area contributed by atoms with E-state index in [0.717, 1.165) is 16.9 Å². The number of nitrogens with one attached hydrogen (secondary N) is 1. The van der Waals surface area contributed by atoms with E-state index >= 15 is 0 Å². The Bertz CT molecular complexity index is 423. The molecule has 0 unspecified atom stereocenters. The Morgan fingerprint density at radius 1 is 1.43 bits per heavy atom. The molecule has 72 valence electrons. The minimum absolute atomic E-state index is 0.710. The van der Waals surface area contributed by atoms with Gasteiger partial charge in [0.05, 0.1) is 13.3 Å². The molecule has 4 heteroatoms. The average Bonchev–Trinajstić information content (AvgIpc) is 2.70. The quantitative estimate of drug-likeness (QED) is 0.706. The molecule has 1 aromatic carbocycles. The zero-order valence-electron chi connectivity index (χ0n) is 7.82. The summed E-state index contributed by atoms with van der Waals surface area (Å²) >= 11 is 0. The van der Waals surface area contributed by atoms with Crippen molar-refractivity contribution in [1.29, 1.82) is 0 Å². The van der Waals surface area contributed by atoms with Crippen LogP contribution in [0.4, 0.5) is 5.69 Å². The van der Waals surface area contributed by atoms with Gasteiger partial charge in [-0.15, -0.1) is 0 Å². The smallest absolute Gasteiger partial charge is 0.126 e. The molecule has 0 atom stereocenters. The molecule has 0 aliphatic heterocycles. The molecule has 2 rings (SSSR count).